The third-order valence-electron chi connectivity index (χ3n) is 6.05. The fraction of sp³-hybridized carbons (Fsp3) is 0.722. The van der Waals surface area contributed by atoms with E-state index in [0.29, 0.717) is 11.8 Å². The molecule has 5 heteroatoms. The molecular formula is C18H26N4O. The number of hydrogen-bond donors (Lipinski definition) is 0. The first-order valence-corrected chi connectivity index (χ1v) is 9.08. The predicted octanol–water partition coefficient (Wildman–Crippen LogP) is 2.34. The van der Waals surface area contributed by atoms with Gasteiger partial charge in [-0.05, 0) is 49.5 Å². The van der Waals surface area contributed by atoms with E-state index in [1.807, 2.05) is 6.07 Å². The average molecular weight is 314 g/mol. The average Bonchev–Trinajstić information content (AvgIpc) is 3.18. The van der Waals surface area contributed by atoms with Crippen molar-refractivity contribution in [1.29, 1.82) is 0 Å². The van der Waals surface area contributed by atoms with Gasteiger partial charge in [0.25, 0.3) is 0 Å². The number of carbonyl (C=O) groups is 1. The van der Waals surface area contributed by atoms with Gasteiger partial charge in [-0.25, -0.2) is 9.97 Å². The number of carbonyl (C=O) groups excluding carboxylic acids is 1. The number of aromatic nitrogens is 2. The van der Waals surface area contributed by atoms with E-state index in [1.54, 1.807) is 12.5 Å². The van der Waals surface area contributed by atoms with Crippen LogP contribution in [0.5, 0.6) is 0 Å². The minimum atomic E-state index is 0.403. The van der Waals surface area contributed by atoms with E-state index >= 15 is 0 Å². The van der Waals surface area contributed by atoms with Crippen molar-refractivity contribution >= 4 is 11.7 Å². The van der Waals surface area contributed by atoms with Crippen LogP contribution in [0, 0.1) is 17.8 Å². The molecule has 3 fully saturated rings. The van der Waals surface area contributed by atoms with Gasteiger partial charge >= 0.3 is 0 Å². The van der Waals surface area contributed by atoms with Crippen molar-refractivity contribution in [3.8, 4) is 0 Å². The molecule has 0 spiro atoms. The van der Waals surface area contributed by atoms with Crippen LogP contribution < -0.4 is 4.90 Å². The van der Waals surface area contributed by atoms with E-state index < -0.39 is 0 Å². The van der Waals surface area contributed by atoms with E-state index in [1.165, 1.54) is 19.3 Å². The number of hydrogen-bond acceptors (Lipinski definition) is 4. The minimum Gasteiger partial charge on any atom is -0.357 e. The second-order valence-electron chi connectivity index (χ2n) is 7.45. The molecule has 23 heavy (non-hydrogen) atoms. The summed E-state index contributed by atoms with van der Waals surface area (Å²) in [6, 6.07) is 1.97. The summed E-state index contributed by atoms with van der Waals surface area (Å²) in [7, 11) is 0. The normalized spacial score (nSPS) is 28.2. The highest BCUT2D eigenvalue weighted by Crippen LogP contribution is 2.38. The molecule has 2 aliphatic heterocycles. The molecule has 0 aromatic carbocycles. The molecule has 1 aromatic rings. The highest BCUT2D eigenvalue weighted by atomic mass is 16.2. The summed E-state index contributed by atoms with van der Waals surface area (Å²) in [6.07, 6.45) is 10.4. The van der Waals surface area contributed by atoms with E-state index in [4.69, 9.17) is 0 Å². The van der Waals surface area contributed by atoms with Crippen LogP contribution in [0.2, 0.25) is 0 Å². The summed E-state index contributed by atoms with van der Waals surface area (Å²) < 4.78 is 0. The highest BCUT2D eigenvalue weighted by Gasteiger charge is 2.38. The Labute approximate surface area is 138 Å². The predicted molar refractivity (Wildman–Crippen MR) is 89.0 cm³/mol. The number of piperidine rings is 1. The van der Waals surface area contributed by atoms with Crippen LogP contribution in [-0.2, 0) is 4.79 Å². The number of anilines is 1. The summed E-state index contributed by atoms with van der Waals surface area (Å²) in [6.45, 7) is 4.06. The van der Waals surface area contributed by atoms with Crippen molar-refractivity contribution in [1.82, 2.24) is 14.9 Å². The third kappa shape index (κ3) is 3.19. The molecule has 0 N–H and O–H groups in total. The van der Waals surface area contributed by atoms with Crippen LogP contribution in [0.3, 0.4) is 0 Å². The molecule has 5 nitrogen and oxygen atoms in total. The molecule has 1 amide bonds. The molecule has 1 saturated carbocycles. The zero-order valence-corrected chi connectivity index (χ0v) is 13.7. The van der Waals surface area contributed by atoms with Crippen molar-refractivity contribution in [3.63, 3.8) is 0 Å². The maximum Gasteiger partial charge on any atom is 0.222 e. The first-order valence-electron chi connectivity index (χ1n) is 9.08. The van der Waals surface area contributed by atoms with Crippen LogP contribution >= 0.6 is 0 Å². The van der Waals surface area contributed by atoms with Gasteiger partial charge in [0.2, 0.25) is 5.91 Å². The minimum absolute atomic E-state index is 0.403. The lowest BCUT2D eigenvalue weighted by molar-refractivity contribution is -0.131. The Kier molecular flexibility index (Phi) is 4.19. The molecule has 4 rings (SSSR count). The molecule has 3 aliphatic rings. The summed E-state index contributed by atoms with van der Waals surface area (Å²) >= 11 is 0. The third-order valence-corrected chi connectivity index (χ3v) is 6.05. The maximum atomic E-state index is 12.6. The second-order valence-corrected chi connectivity index (χ2v) is 7.45. The first kappa shape index (κ1) is 14.9. The van der Waals surface area contributed by atoms with E-state index in [0.717, 1.165) is 63.1 Å². The molecule has 124 valence electrons. The lowest BCUT2D eigenvalue weighted by Crippen LogP contribution is -2.37. The van der Waals surface area contributed by atoms with Crippen LogP contribution in [-0.4, -0.2) is 47.0 Å². The molecule has 2 unspecified atom stereocenters. The summed E-state index contributed by atoms with van der Waals surface area (Å²) in [5.41, 5.74) is 0. The lowest BCUT2D eigenvalue weighted by Gasteiger charge is -2.33. The van der Waals surface area contributed by atoms with Crippen LogP contribution in [0.4, 0.5) is 5.82 Å². The zero-order chi connectivity index (χ0) is 15.6. The number of rotatable bonds is 3. The Morgan fingerprint density at radius 1 is 1.13 bits per heavy atom. The van der Waals surface area contributed by atoms with Gasteiger partial charge < -0.3 is 9.80 Å². The SMILES string of the molecule is O=C(CC1CCN(c2ccncn2)CC1)N1CC2CCCC2C1. The molecule has 1 aromatic heterocycles. The van der Waals surface area contributed by atoms with E-state index in [2.05, 4.69) is 19.8 Å². The Bertz CT molecular complexity index is 529. The topological polar surface area (TPSA) is 49.3 Å². The van der Waals surface area contributed by atoms with Crippen molar-refractivity contribution in [2.45, 2.75) is 38.5 Å². The standard InChI is InChI=1S/C18H26N4O/c23-18(22-11-15-2-1-3-16(15)12-22)10-14-5-8-21(9-6-14)17-4-7-19-13-20-17/h4,7,13-16H,1-3,5-6,8-12H2. The van der Waals surface area contributed by atoms with Gasteiger partial charge in [-0.1, -0.05) is 6.42 Å². The molecule has 3 heterocycles. The fourth-order valence-corrected chi connectivity index (χ4v) is 4.65. The monoisotopic (exact) mass is 314 g/mol. The van der Waals surface area contributed by atoms with Crippen molar-refractivity contribution in [3.05, 3.63) is 18.6 Å². The Morgan fingerprint density at radius 2 is 1.87 bits per heavy atom. The van der Waals surface area contributed by atoms with Crippen LogP contribution in [0.25, 0.3) is 0 Å². The molecular weight excluding hydrogens is 288 g/mol. The lowest BCUT2D eigenvalue weighted by atomic mass is 9.93. The Morgan fingerprint density at radius 3 is 2.52 bits per heavy atom. The summed E-state index contributed by atoms with van der Waals surface area (Å²) in [5.74, 6) is 3.56. The van der Waals surface area contributed by atoms with Gasteiger partial charge in [-0.2, -0.15) is 0 Å². The van der Waals surface area contributed by atoms with Crippen LogP contribution in [0.15, 0.2) is 18.6 Å². The van der Waals surface area contributed by atoms with Gasteiger partial charge in [0.05, 0.1) is 0 Å². The van der Waals surface area contributed by atoms with Gasteiger partial charge in [-0.15, -0.1) is 0 Å². The Hall–Kier alpha value is -1.65. The smallest absolute Gasteiger partial charge is 0.222 e. The van der Waals surface area contributed by atoms with Crippen molar-refractivity contribution in [2.75, 3.05) is 31.1 Å². The quantitative estimate of drug-likeness (QED) is 0.859. The Balaban J connectivity index is 1.26. The maximum absolute atomic E-state index is 12.6. The number of likely N-dealkylation sites (tertiary alicyclic amines) is 1. The second kappa shape index (κ2) is 6.46. The van der Waals surface area contributed by atoms with E-state index in [9.17, 15) is 4.79 Å². The largest absolute Gasteiger partial charge is 0.357 e. The molecule has 2 atom stereocenters. The van der Waals surface area contributed by atoms with Crippen molar-refractivity contribution in [2.24, 2.45) is 17.8 Å². The summed E-state index contributed by atoms with van der Waals surface area (Å²) in [4.78, 5) is 25.4. The molecule has 0 radical (unpaired) electrons. The zero-order valence-electron chi connectivity index (χ0n) is 13.7. The highest BCUT2D eigenvalue weighted by molar-refractivity contribution is 5.76. The van der Waals surface area contributed by atoms with E-state index in [-0.39, 0.29) is 0 Å². The van der Waals surface area contributed by atoms with Crippen LogP contribution in [0.1, 0.15) is 38.5 Å². The van der Waals surface area contributed by atoms with Gasteiger partial charge in [0.1, 0.15) is 12.1 Å². The number of nitrogens with zero attached hydrogens (tertiary/aromatic N) is 4. The van der Waals surface area contributed by atoms with Crippen molar-refractivity contribution < 1.29 is 4.79 Å². The fourth-order valence-electron chi connectivity index (χ4n) is 4.65. The molecule has 1 aliphatic carbocycles. The molecule has 2 saturated heterocycles. The van der Waals surface area contributed by atoms with Gasteiger partial charge in [0.15, 0.2) is 0 Å². The first-order chi connectivity index (χ1) is 11.3. The molecule has 0 bridgehead atoms. The number of fused-ring (bicyclic) bond motifs is 1. The summed E-state index contributed by atoms with van der Waals surface area (Å²) in [5, 5.41) is 0. The van der Waals surface area contributed by atoms with Gasteiger partial charge in [0, 0.05) is 38.8 Å². The number of amides is 1. The van der Waals surface area contributed by atoms with Gasteiger partial charge in [-0.3, -0.25) is 4.79 Å².